The number of halogens is 1. The number of nitrogen functional groups attached to an aromatic ring is 1. The molecule has 2 aromatic carbocycles. The van der Waals surface area contributed by atoms with E-state index in [9.17, 15) is 0 Å². The van der Waals surface area contributed by atoms with E-state index < -0.39 is 0 Å². The number of anilines is 1. The zero-order valence-electron chi connectivity index (χ0n) is 10.9. The SMILES string of the molecule is COc1cc(N)c2nc(-c3ccc(Cl)cc3)ccc2c1. The van der Waals surface area contributed by atoms with Gasteiger partial charge in [-0.15, -0.1) is 0 Å². The van der Waals surface area contributed by atoms with E-state index in [0.717, 1.165) is 27.9 Å². The first-order valence-corrected chi connectivity index (χ1v) is 6.55. The molecule has 3 rings (SSSR count). The predicted molar refractivity (Wildman–Crippen MR) is 83.2 cm³/mol. The fourth-order valence-corrected chi connectivity index (χ4v) is 2.26. The molecule has 0 saturated carbocycles. The van der Waals surface area contributed by atoms with Crippen LogP contribution in [0.2, 0.25) is 5.02 Å². The highest BCUT2D eigenvalue weighted by atomic mass is 35.5. The van der Waals surface area contributed by atoms with Gasteiger partial charge in [0.1, 0.15) is 5.75 Å². The lowest BCUT2D eigenvalue weighted by Gasteiger charge is -2.08. The van der Waals surface area contributed by atoms with Gasteiger partial charge in [0.15, 0.2) is 0 Å². The second-order valence-electron chi connectivity index (χ2n) is 4.49. The van der Waals surface area contributed by atoms with Gasteiger partial charge in [-0.1, -0.05) is 29.8 Å². The van der Waals surface area contributed by atoms with Gasteiger partial charge in [0, 0.05) is 22.0 Å². The molecule has 3 aromatic rings. The lowest BCUT2D eigenvalue weighted by molar-refractivity contribution is 0.415. The first-order valence-electron chi connectivity index (χ1n) is 6.17. The van der Waals surface area contributed by atoms with Crippen molar-refractivity contribution in [3.8, 4) is 17.0 Å². The topological polar surface area (TPSA) is 48.1 Å². The van der Waals surface area contributed by atoms with Crippen LogP contribution in [-0.2, 0) is 0 Å². The fourth-order valence-electron chi connectivity index (χ4n) is 2.13. The van der Waals surface area contributed by atoms with Gasteiger partial charge in [0.2, 0.25) is 0 Å². The van der Waals surface area contributed by atoms with Crippen LogP contribution in [0.15, 0.2) is 48.5 Å². The molecule has 0 bridgehead atoms. The lowest BCUT2D eigenvalue weighted by Crippen LogP contribution is -1.93. The van der Waals surface area contributed by atoms with E-state index in [1.807, 2.05) is 42.5 Å². The molecule has 1 aromatic heterocycles. The number of benzene rings is 2. The van der Waals surface area contributed by atoms with Crippen LogP contribution in [0.1, 0.15) is 0 Å². The summed E-state index contributed by atoms with van der Waals surface area (Å²) in [5, 5.41) is 1.67. The summed E-state index contributed by atoms with van der Waals surface area (Å²) in [5.74, 6) is 0.732. The minimum atomic E-state index is 0.607. The fraction of sp³-hybridized carbons (Fsp3) is 0.0625. The van der Waals surface area contributed by atoms with E-state index >= 15 is 0 Å². The molecule has 0 spiro atoms. The van der Waals surface area contributed by atoms with Crippen LogP contribution < -0.4 is 10.5 Å². The molecule has 0 aliphatic rings. The summed E-state index contributed by atoms with van der Waals surface area (Å²) in [6.45, 7) is 0. The Balaban J connectivity index is 2.15. The highest BCUT2D eigenvalue weighted by Gasteiger charge is 2.06. The second kappa shape index (κ2) is 5.02. The Morgan fingerprint density at radius 2 is 1.80 bits per heavy atom. The first-order chi connectivity index (χ1) is 9.67. The number of nitrogens with two attached hydrogens (primary N) is 1. The molecule has 2 N–H and O–H groups in total. The van der Waals surface area contributed by atoms with Crippen LogP contribution in [-0.4, -0.2) is 12.1 Å². The highest BCUT2D eigenvalue weighted by molar-refractivity contribution is 6.30. The Kier molecular flexibility index (Phi) is 3.20. The van der Waals surface area contributed by atoms with Crippen LogP contribution in [0.4, 0.5) is 5.69 Å². The van der Waals surface area contributed by atoms with E-state index in [4.69, 9.17) is 22.1 Å². The summed E-state index contributed by atoms with van der Waals surface area (Å²) in [6, 6.07) is 15.2. The van der Waals surface area contributed by atoms with Gasteiger partial charge < -0.3 is 10.5 Å². The number of aromatic nitrogens is 1. The molecular formula is C16H13ClN2O. The summed E-state index contributed by atoms with van der Waals surface area (Å²) >= 11 is 5.90. The van der Waals surface area contributed by atoms with Crippen molar-refractivity contribution in [3.05, 3.63) is 53.6 Å². The quantitative estimate of drug-likeness (QED) is 0.719. The molecule has 0 amide bonds. The lowest BCUT2D eigenvalue weighted by atomic mass is 10.1. The van der Waals surface area contributed by atoms with E-state index in [2.05, 4.69) is 4.98 Å². The molecule has 0 unspecified atom stereocenters. The van der Waals surface area contributed by atoms with Crippen molar-refractivity contribution in [1.82, 2.24) is 4.98 Å². The van der Waals surface area contributed by atoms with E-state index in [1.165, 1.54) is 0 Å². The maximum atomic E-state index is 6.04. The maximum Gasteiger partial charge on any atom is 0.121 e. The molecule has 0 aliphatic heterocycles. The predicted octanol–water partition coefficient (Wildman–Crippen LogP) is 4.15. The Morgan fingerprint density at radius 3 is 2.50 bits per heavy atom. The molecule has 0 aliphatic carbocycles. The average molecular weight is 285 g/mol. The molecule has 4 heteroatoms. The molecular weight excluding hydrogens is 272 g/mol. The van der Waals surface area contributed by atoms with Crippen LogP contribution in [0.5, 0.6) is 5.75 Å². The minimum Gasteiger partial charge on any atom is -0.497 e. The Bertz CT molecular complexity index is 769. The number of methoxy groups -OCH3 is 1. The van der Waals surface area contributed by atoms with Gasteiger partial charge in [0.05, 0.1) is 24.0 Å². The normalized spacial score (nSPS) is 10.7. The molecule has 3 nitrogen and oxygen atoms in total. The van der Waals surface area contributed by atoms with Gasteiger partial charge in [-0.2, -0.15) is 0 Å². The summed E-state index contributed by atoms with van der Waals surface area (Å²) < 4.78 is 5.21. The van der Waals surface area contributed by atoms with Crippen LogP contribution in [0.3, 0.4) is 0 Å². The van der Waals surface area contributed by atoms with Crippen LogP contribution in [0, 0.1) is 0 Å². The maximum absolute atomic E-state index is 6.04. The number of pyridine rings is 1. The zero-order chi connectivity index (χ0) is 14.1. The highest BCUT2D eigenvalue weighted by Crippen LogP contribution is 2.29. The third-order valence-electron chi connectivity index (χ3n) is 3.17. The third-order valence-corrected chi connectivity index (χ3v) is 3.42. The van der Waals surface area contributed by atoms with E-state index in [-0.39, 0.29) is 0 Å². The molecule has 0 radical (unpaired) electrons. The van der Waals surface area contributed by atoms with Gasteiger partial charge in [-0.3, -0.25) is 0 Å². The molecule has 0 atom stereocenters. The third kappa shape index (κ3) is 2.28. The Morgan fingerprint density at radius 1 is 1.05 bits per heavy atom. The van der Waals surface area contributed by atoms with E-state index in [0.29, 0.717) is 10.7 Å². The van der Waals surface area contributed by atoms with Crippen LogP contribution >= 0.6 is 11.6 Å². The van der Waals surface area contributed by atoms with E-state index in [1.54, 1.807) is 13.2 Å². The summed E-state index contributed by atoms with van der Waals surface area (Å²) in [7, 11) is 1.62. The van der Waals surface area contributed by atoms with Crippen molar-refractivity contribution in [2.75, 3.05) is 12.8 Å². The number of nitrogens with zero attached hydrogens (tertiary/aromatic N) is 1. The number of ether oxygens (including phenoxy) is 1. The van der Waals surface area contributed by atoms with Crippen molar-refractivity contribution < 1.29 is 4.74 Å². The van der Waals surface area contributed by atoms with Crippen molar-refractivity contribution in [2.24, 2.45) is 0 Å². The van der Waals surface area contributed by atoms with Crippen molar-refractivity contribution in [1.29, 1.82) is 0 Å². The van der Waals surface area contributed by atoms with Crippen molar-refractivity contribution >= 4 is 28.2 Å². The minimum absolute atomic E-state index is 0.607. The number of hydrogen-bond acceptors (Lipinski definition) is 3. The van der Waals surface area contributed by atoms with Crippen LogP contribution in [0.25, 0.3) is 22.2 Å². The van der Waals surface area contributed by atoms with Gasteiger partial charge in [-0.05, 0) is 24.3 Å². The molecule has 0 fully saturated rings. The summed E-state index contributed by atoms with van der Waals surface area (Å²) in [5.41, 5.74) is 9.30. The van der Waals surface area contributed by atoms with Gasteiger partial charge in [-0.25, -0.2) is 4.98 Å². The van der Waals surface area contributed by atoms with Crippen molar-refractivity contribution in [2.45, 2.75) is 0 Å². The number of rotatable bonds is 2. The summed E-state index contributed by atoms with van der Waals surface area (Å²) in [4.78, 5) is 4.63. The van der Waals surface area contributed by atoms with Gasteiger partial charge in [0.25, 0.3) is 0 Å². The smallest absolute Gasteiger partial charge is 0.121 e. The molecule has 100 valence electrons. The Hall–Kier alpha value is -2.26. The molecule has 1 heterocycles. The monoisotopic (exact) mass is 284 g/mol. The first kappa shape index (κ1) is 12.8. The standard InChI is InChI=1S/C16H13ClN2O/c1-20-13-8-11-4-7-15(19-16(11)14(18)9-13)10-2-5-12(17)6-3-10/h2-9H,18H2,1H3. The zero-order valence-corrected chi connectivity index (χ0v) is 11.7. The summed E-state index contributed by atoms with van der Waals surface area (Å²) in [6.07, 6.45) is 0. The molecule has 20 heavy (non-hydrogen) atoms. The molecule has 0 saturated heterocycles. The number of hydrogen-bond donors (Lipinski definition) is 1. The average Bonchev–Trinajstić information content (AvgIpc) is 2.47. The Labute approximate surface area is 122 Å². The number of fused-ring (bicyclic) bond motifs is 1. The van der Waals surface area contributed by atoms with Crippen molar-refractivity contribution in [3.63, 3.8) is 0 Å². The van der Waals surface area contributed by atoms with Gasteiger partial charge >= 0.3 is 0 Å². The second-order valence-corrected chi connectivity index (χ2v) is 4.93. The largest absolute Gasteiger partial charge is 0.497 e.